The summed E-state index contributed by atoms with van der Waals surface area (Å²) >= 11 is 0.986. The van der Waals surface area contributed by atoms with Crippen molar-refractivity contribution >= 4 is 27.5 Å². The predicted octanol–water partition coefficient (Wildman–Crippen LogP) is 2.97. The quantitative estimate of drug-likeness (QED) is 0.390. The first kappa shape index (κ1) is 21.9. The van der Waals surface area contributed by atoms with E-state index in [0.29, 0.717) is 5.16 Å². The molecule has 10 nitrogen and oxygen atoms in total. The smallest absolute Gasteiger partial charge is 0.258 e. The SMILES string of the molecule is CCCCc1ccc(-n2nnnc2Sc2ccc(S(=O)(=O)NC)cc2[N+](=O)[O-])cc1. The molecule has 0 saturated heterocycles. The molecule has 0 aliphatic carbocycles. The maximum absolute atomic E-state index is 12.0. The van der Waals surface area contributed by atoms with Gasteiger partial charge in [0, 0.05) is 6.07 Å². The number of aryl methyl sites for hydroxylation is 1. The summed E-state index contributed by atoms with van der Waals surface area (Å²) in [4.78, 5) is 10.9. The maximum atomic E-state index is 12.0. The van der Waals surface area contributed by atoms with E-state index in [4.69, 9.17) is 0 Å². The summed E-state index contributed by atoms with van der Waals surface area (Å²) in [5.41, 5.74) is 1.58. The summed E-state index contributed by atoms with van der Waals surface area (Å²) in [6, 6.07) is 11.5. The number of rotatable bonds is 9. The molecule has 0 unspecified atom stereocenters. The van der Waals surface area contributed by atoms with Crippen molar-refractivity contribution in [3.05, 3.63) is 58.1 Å². The van der Waals surface area contributed by atoms with Gasteiger partial charge in [-0.2, -0.15) is 4.68 Å². The third-order valence-electron chi connectivity index (χ3n) is 4.35. The molecule has 0 fully saturated rings. The molecule has 0 amide bonds. The molecular weight excluding hydrogens is 428 g/mol. The van der Waals surface area contributed by atoms with Crippen LogP contribution >= 0.6 is 11.8 Å². The number of tetrazole rings is 1. The average molecular weight is 449 g/mol. The molecule has 1 N–H and O–H groups in total. The van der Waals surface area contributed by atoms with Crippen molar-refractivity contribution in [2.24, 2.45) is 0 Å². The average Bonchev–Trinajstić information content (AvgIpc) is 3.20. The standard InChI is InChI=1S/C18H20N6O4S2/c1-3-4-5-13-6-8-14(9-7-13)23-18(20-21-22-23)29-17-11-10-15(30(27,28)19-2)12-16(17)24(25)26/h6-12,19H,3-5H2,1-2H3. The number of nitrogens with one attached hydrogen (secondary N) is 1. The number of nitro groups is 1. The van der Waals surface area contributed by atoms with Gasteiger partial charge in [-0.3, -0.25) is 10.1 Å². The van der Waals surface area contributed by atoms with Gasteiger partial charge in [0.15, 0.2) is 0 Å². The van der Waals surface area contributed by atoms with Crippen LogP contribution in [0.3, 0.4) is 0 Å². The monoisotopic (exact) mass is 448 g/mol. The highest BCUT2D eigenvalue weighted by Crippen LogP contribution is 2.35. The van der Waals surface area contributed by atoms with Crippen molar-refractivity contribution in [3.8, 4) is 5.69 Å². The number of aromatic nitrogens is 4. The molecule has 1 aromatic heterocycles. The lowest BCUT2D eigenvalue weighted by Crippen LogP contribution is -2.18. The molecule has 30 heavy (non-hydrogen) atoms. The lowest BCUT2D eigenvalue weighted by molar-refractivity contribution is -0.388. The van der Waals surface area contributed by atoms with Crippen LogP contribution in [0.4, 0.5) is 5.69 Å². The van der Waals surface area contributed by atoms with Crippen molar-refractivity contribution < 1.29 is 13.3 Å². The minimum absolute atomic E-state index is 0.191. The molecule has 0 saturated carbocycles. The maximum Gasteiger partial charge on any atom is 0.284 e. The van der Waals surface area contributed by atoms with E-state index in [9.17, 15) is 18.5 Å². The molecule has 3 aromatic rings. The highest BCUT2D eigenvalue weighted by atomic mass is 32.2. The van der Waals surface area contributed by atoms with Crippen LogP contribution in [-0.2, 0) is 16.4 Å². The van der Waals surface area contributed by atoms with Crippen LogP contribution in [0, 0.1) is 10.1 Å². The minimum Gasteiger partial charge on any atom is -0.258 e. The molecule has 0 radical (unpaired) electrons. The zero-order valence-corrected chi connectivity index (χ0v) is 18.0. The van der Waals surface area contributed by atoms with Gasteiger partial charge in [-0.1, -0.05) is 25.5 Å². The summed E-state index contributed by atoms with van der Waals surface area (Å²) < 4.78 is 27.5. The Morgan fingerprint density at radius 1 is 1.20 bits per heavy atom. The van der Waals surface area contributed by atoms with E-state index in [1.807, 2.05) is 24.3 Å². The molecule has 1 heterocycles. The van der Waals surface area contributed by atoms with Gasteiger partial charge in [-0.05, 0) is 71.9 Å². The Kier molecular flexibility index (Phi) is 6.80. The van der Waals surface area contributed by atoms with Crippen molar-refractivity contribution in [2.75, 3.05) is 7.05 Å². The van der Waals surface area contributed by atoms with Gasteiger partial charge in [0.25, 0.3) is 5.69 Å². The highest BCUT2D eigenvalue weighted by Gasteiger charge is 2.23. The highest BCUT2D eigenvalue weighted by molar-refractivity contribution is 7.99. The van der Waals surface area contributed by atoms with Gasteiger partial charge in [-0.15, -0.1) is 5.10 Å². The van der Waals surface area contributed by atoms with Crippen LogP contribution in [0.2, 0.25) is 0 Å². The minimum atomic E-state index is -3.80. The van der Waals surface area contributed by atoms with Crippen LogP contribution in [0.25, 0.3) is 5.69 Å². The summed E-state index contributed by atoms with van der Waals surface area (Å²) in [6.45, 7) is 2.14. The van der Waals surface area contributed by atoms with Crippen molar-refractivity contribution in [1.29, 1.82) is 0 Å². The van der Waals surface area contributed by atoms with E-state index in [0.717, 1.165) is 42.8 Å². The van der Waals surface area contributed by atoms with Crippen molar-refractivity contribution in [1.82, 2.24) is 24.9 Å². The summed E-state index contributed by atoms with van der Waals surface area (Å²) in [7, 11) is -2.56. The van der Waals surface area contributed by atoms with Gasteiger partial charge in [0.2, 0.25) is 15.2 Å². The molecule has 0 spiro atoms. The Balaban J connectivity index is 1.91. The topological polar surface area (TPSA) is 133 Å². The summed E-state index contributed by atoms with van der Waals surface area (Å²) in [5.74, 6) is 0. The summed E-state index contributed by atoms with van der Waals surface area (Å²) in [6.07, 6.45) is 3.21. The Morgan fingerprint density at radius 3 is 2.57 bits per heavy atom. The lowest BCUT2D eigenvalue weighted by atomic mass is 10.1. The van der Waals surface area contributed by atoms with Crippen LogP contribution in [0.5, 0.6) is 0 Å². The van der Waals surface area contributed by atoms with Crippen molar-refractivity contribution in [2.45, 2.75) is 41.1 Å². The van der Waals surface area contributed by atoms with E-state index in [1.54, 1.807) is 0 Å². The Labute approximate surface area is 177 Å². The molecule has 0 aliphatic heterocycles. The number of nitrogens with zero attached hydrogens (tertiary/aromatic N) is 5. The number of benzene rings is 2. The summed E-state index contributed by atoms with van der Waals surface area (Å²) in [5, 5.41) is 23.5. The second-order valence-corrected chi connectivity index (χ2v) is 9.24. The Hall–Kier alpha value is -2.83. The molecular formula is C18H20N6O4S2. The predicted molar refractivity (Wildman–Crippen MR) is 111 cm³/mol. The molecule has 3 rings (SSSR count). The molecule has 158 valence electrons. The van der Waals surface area contributed by atoms with Gasteiger partial charge in [0.05, 0.1) is 20.4 Å². The third-order valence-corrected chi connectivity index (χ3v) is 6.76. The van der Waals surface area contributed by atoms with E-state index in [1.165, 1.54) is 29.4 Å². The van der Waals surface area contributed by atoms with Crippen LogP contribution in [0.15, 0.2) is 57.4 Å². The van der Waals surface area contributed by atoms with E-state index in [-0.39, 0.29) is 15.5 Å². The van der Waals surface area contributed by atoms with Crippen LogP contribution < -0.4 is 4.72 Å². The number of sulfonamides is 1. The lowest BCUT2D eigenvalue weighted by Gasteiger charge is -2.07. The van der Waals surface area contributed by atoms with E-state index >= 15 is 0 Å². The molecule has 0 atom stereocenters. The molecule has 12 heteroatoms. The first-order valence-electron chi connectivity index (χ1n) is 9.13. The normalized spacial score (nSPS) is 11.5. The van der Waals surface area contributed by atoms with Crippen LogP contribution in [-0.4, -0.2) is 40.6 Å². The van der Waals surface area contributed by atoms with E-state index in [2.05, 4.69) is 27.2 Å². The largest absolute Gasteiger partial charge is 0.284 e. The van der Waals surface area contributed by atoms with Gasteiger partial charge < -0.3 is 0 Å². The fourth-order valence-corrected chi connectivity index (χ4v) is 4.33. The van der Waals surface area contributed by atoms with Crippen LogP contribution in [0.1, 0.15) is 25.3 Å². The first-order chi connectivity index (χ1) is 14.4. The van der Waals surface area contributed by atoms with Gasteiger partial charge in [0.1, 0.15) is 0 Å². The van der Waals surface area contributed by atoms with Gasteiger partial charge in [-0.25, -0.2) is 13.1 Å². The second-order valence-electron chi connectivity index (χ2n) is 6.34. The first-order valence-corrected chi connectivity index (χ1v) is 11.4. The Bertz CT molecular complexity index is 1150. The number of hydrogen-bond donors (Lipinski definition) is 1. The second kappa shape index (κ2) is 9.32. The fraction of sp³-hybridized carbons (Fsp3) is 0.278. The fourth-order valence-electron chi connectivity index (χ4n) is 2.70. The number of hydrogen-bond acceptors (Lipinski definition) is 8. The van der Waals surface area contributed by atoms with Gasteiger partial charge >= 0.3 is 0 Å². The number of unbranched alkanes of at least 4 members (excludes halogenated alkanes) is 1. The van der Waals surface area contributed by atoms with E-state index < -0.39 is 14.9 Å². The third kappa shape index (κ3) is 4.83. The Morgan fingerprint density at radius 2 is 1.93 bits per heavy atom. The zero-order valence-electron chi connectivity index (χ0n) is 16.3. The molecule has 0 aliphatic rings. The van der Waals surface area contributed by atoms with Crippen molar-refractivity contribution in [3.63, 3.8) is 0 Å². The number of nitro benzene ring substituents is 1. The zero-order chi connectivity index (χ0) is 21.7. The molecule has 2 aromatic carbocycles. The molecule has 0 bridgehead atoms.